The van der Waals surface area contributed by atoms with E-state index >= 15 is 0 Å². The van der Waals surface area contributed by atoms with Gasteiger partial charge in [0.05, 0.1) is 11.4 Å². The Labute approximate surface area is 150 Å². The summed E-state index contributed by atoms with van der Waals surface area (Å²) in [5, 5.41) is 7.61. The van der Waals surface area contributed by atoms with E-state index in [2.05, 4.69) is 10.4 Å². The number of ether oxygens (including phenoxy) is 2. The maximum atomic E-state index is 12.9. The van der Waals surface area contributed by atoms with Crippen LogP contribution in [0.25, 0.3) is 5.69 Å². The van der Waals surface area contributed by atoms with Crippen molar-refractivity contribution >= 4 is 11.6 Å². The fourth-order valence-electron chi connectivity index (χ4n) is 3.08. The lowest BCUT2D eigenvalue weighted by atomic mass is 10.2. The Bertz CT molecular complexity index is 977. The first-order valence-electron chi connectivity index (χ1n) is 8.64. The molecule has 0 unspecified atom stereocenters. The molecule has 2 aromatic carbocycles. The van der Waals surface area contributed by atoms with Crippen molar-refractivity contribution in [1.82, 2.24) is 9.78 Å². The molecule has 6 nitrogen and oxygen atoms in total. The third-order valence-electron chi connectivity index (χ3n) is 4.59. The van der Waals surface area contributed by atoms with E-state index < -0.39 is 0 Å². The molecule has 1 fully saturated rings. The summed E-state index contributed by atoms with van der Waals surface area (Å²) in [6.45, 7) is 0.207. The van der Waals surface area contributed by atoms with Crippen LogP contribution < -0.4 is 14.8 Å². The Kier molecular flexibility index (Phi) is 3.41. The maximum Gasteiger partial charge on any atom is 0.274 e. The second-order valence-electron chi connectivity index (χ2n) is 6.50. The molecule has 0 saturated heterocycles. The number of amides is 1. The van der Waals surface area contributed by atoms with Crippen LogP contribution in [0.2, 0.25) is 0 Å². The highest BCUT2D eigenvalue weighted by atomic mass is 16.7. The van der Waals surface area contributed by atoms with E-state index in [9.17, 15) is 4.79 Å². The van der Waals surface area contributed by atoms with E-state index in [1.807, 2.05) is 36.4 Å². The van der Waals surface area contributed by atoms with Gasteiger partial charge in [-0.1, -0.05) is 18.2 Å². The van der Waals surface area contributed by atoms with Crippen LogP contribution in [0, 0.1) is 0 Å². The van der Waals surface area contributed by atoms with Crippen LogP contribution in [0.5, 0.6) is 11.5 Å². The zero-order chi connectivity index (χ0) is 17.5. The third kappa shape index (κ3) is 2.69. The molecule has 1 aromatic heterocycles. The highest BCUT2D eigenvalue weighted by Gasteiger charge is 2.29. The van der Waals surface area contributed by atoms with Gasteiger partial charge in [0.15, 0.2) is 11.5 Å². The number of para-hydroxylation sites is 1. The smallest absolute Gasteiger partial charge is 0.274 e. The van der Waals surface area contributed by atoms with Crippen LogP contribution in [0.3, 0.4) is 0 Å². The van der Waals surface area contributed by atoms with Crippen molar-refractivity contribution in [3.63, 3.8) is 0 Å². The number of carbonyl (C=O) groups excluding carboxylic acids is 1. The molecule has 130 valence electrons. The molecule has 0 bridgehead atoms. The van der Waals surface area contributed by atoms with Crippen molar-refractivity contribution in [2.75, 3.05) is 12.1 Å². The van der Waals surface area contributed by atoms with Gasteiger partial charge in [0.2, 0.25) is 6.79 Å². The first-order valence-corrected chi connectivity index (χ1v) is 8.64. The molecule has 1 aliphatic heterocycles. The third-order valence-corrected chi connectivity index (χ3v) is 4.59. The average Bonchev–Trinajstić information content (AvgIpc) is 3.25. The number of benzene rings is 2. The molecule has 0 atom stereocenters. The van der Waals surface area contributed by atoms with E-state index in [1.54, 1.807) is 22.9 Å². The molecular formula is C20H17N3O3. The van der Waals surface area contributed by atoms with Crippen molar-refractivity contribution in [3.8, 4) is 17.2 Å². The number of anilines is 1. The lowest BCUT2D eigenvalue weighted by molar-refractivity contribution is 0.101. The van der Waals surface area contributed by atoms with Crippen LogP contribution in [-0.2, 0) is 0 Å². The first-order chi connectivity index (χ1) is 12.8. The number of carbonyl (C=O) groups is 1. The van der Waals surface area contributed by atoms with Crippen LogP contribution in [0.4, 0.5) is 5.69 Å². The second-order valence-corrected chi connectivity index (χ2v) is 6.50. The number of aromatic nitrogens is 2. The number of fused-ring (bicyclic) bond motifs is 1. The van der Waals surface area contributed by atoms with E-state index in [4.69, 9.17) is 9.47 Å². The fraction of sp³-hybridized carbons (Fsp3) is 0.200. The molecule has 2 aliphatic rings. The van der Waals surface area contributed by atoms with Gasteiger partial charge in [0, 0.05) is 17.7 Å². The highest BCUT2D eigenvalue weighted by Crippen LogP contribution is 2.40. The van der Waals surface area contributed by atoms with Crippen molar-refractivity contribution in [3.05, 3.63) is 66.0 Å². The molecule has 0 radical (unpaired) electrons. The summed E-state index contributed by atoms with van der Waals surface area (Å²) in [6, 6.07) is 17.0. The SMILES string of the molecule is O=C(Nc1ccc2c(c1)OCO2)c1cc(C2CC2)nn1-c1ccccc1. The number of hydrogen-bond acceptors (Lipinski definition) is 4. The van der Waals surface area contributed by atoms with Crippen LogP contribution in [0.1, 0.15) is 34.9 Å². The van der Waals surface area contributed by atoms with Gasteiger partial charge in [-0.25, -0.2) is 4.68 Å². The predicted octanol–water partition coefficient (Wildman–Crippen LogP) is 3.73. The van der Waals surface area contributed by atoms with Gasteiger partial charge in [0.1, 0.15) is 5.69 Å². The number of nitrogens with zero attached hydrogens (tertiary/aromatic N) is 2. The Balaban J connectivity index is 1.47. The van der Waals surface area contributed by atoms with Gasteiger partial charge in [-0.2, -0.15) is 5.10 Å². The average molecular weight is 347 g/mol. The monoisotopic (exact) mass is 347 g/mol. The maximum absolute atomic E-state index is 12.9. The molecule has 2 heterocycles. The summed E-state index contributed by atoms with van der Waals surface area (Å²) in [5.74, 6) is 1.59. The minimum atomic E-state index is -0.202. The summed E-state index contributed by atoms with van der Waals surface area (Å²) < 4.78 is 12.4. The zero-order valence-electron chi connectivity index (χ0n) is 14.0. The van der Waals surface area contributed by atoms with E-state index in [1.165, 1.54) is 0 Å². The quantitative estimate of drug-likeness (QED) is 0.781. The summed E-state index contributed by atoms with van der Waals surface area (Å²) in [7, 11) is 0. The summed E-state index contributed by atoms with van der Waals surface area (Å²) in [4.78, 5) is 12.9. The predicted molar refractivity (Wildman–Crippen MR) is 96.1 cm³/mol. The summed E-state index contributed by atoms with van der Waals surface area (Å²) in [6.07, 6.45) is 2.27. The lowest BCUT2D eigenvalue weighted by Gasteiger charge is -2.09. The van der Waals surface area contributed by atoms with E-state index in [0.717, 1.165) is 24.2 Å². The Morgan fingerprint density at radius 3 is 2.65 bits per heavy atom. The molecule has 1 N–H and O–H groups in total. The molecule has 1 aliphatic carbocycles. The van der Waals surface area contributed by atoms with Gasteiger partial charge in [-0.15, -0.1) is 0 Å². The van der Waals surface area contributed by atoms with Gasteiger partial charge < -0.3 is 14.8 Å². The second kappa shape index (κ2) is 5.91. The zero-order valence-corrected chi connectivity index (χ0v) is 14.0. The Hall–Kier alpha value is -3.28. The molecule has 6 heteroatoms. The van der Waals surface area contributed by atoms with Crippen molar-refractivity contribution < 1.29 is 14.3 Å². The minimum absolute atomic E-state index is 0.202. The summed E-state index contributed by atoms with van der Waals surface area (Å²) in [5.41, 5.74) is 3.03. The molecule has 1 amide bonds. The number of hydrogen-bond donors (Lipinski definition) is 1. The van der Waals surface area contributed by atoms with Crippen molar-refractivity contribution in [2.24, 2.45) is 0 Å². The van der Waals surface area contributed by atoms with Crippen LogP contribution in [-0.4, -0.2) is 22.5 Å². The molecule has 3 aromatic rings. The fourth-order valence-corrected chi connectivity index (χ4v) is 3.08. The van der Waals surface area contributed by atoms with Gasteiger partial charge in [-0.3, -0.25) is 4.79 Å². The van der Waals surface area contributed by atoms with Crippen LogP contribution in [0.15, 0.2) is 54.6 Å². The van der Waals surface area contributed by atoms with Crippen molar-refractivity contribution in [1.29, 1.82) is 0 Å². The molecule has 5 rings (SSSR count). The van der Waals surface area contributed by atoms with E-state index in [0.29, 0.717) is 28.8 Å². The van der Waals surface area contributed by atoms with Gasteiger partial charge >= 0.3 is 0 Å². The molecular weight excluding hydrogens is 330 g/mol. The first kappa shape index (κ1) is 15.0. The van der Waals surface area contributed by atoms with Crippen LogP contribution >= 0.6 is 0 Å². The number of nitrogens with one attached hydrogen (secondary N) is 1. The van der Waals surface area contributed by atoms with E-state index in [-0.39, 0.29) is 12.7 Å². The van der Waals surface area contributed by atoms with Gasteiger partial charge in [0.25, 0.3) is 5.91 Å². The number of rotatable bonds is 4. The molecule has 1 saturated carbocycles. The normalized spacial score (nSPS) is 15.1. The molecule has 0 spiro atoms. The largest absolute Gasteiger partial charge is 0.454 e. The standard InChI is InChI=1S/C20H17N3O3/c24-20(21-14-8-9-18-19(10-14)26-12-25-18)17-11-16(13-6-7-13)22-23(17)15-4-2-1-3-5-15/h1-5,8-11,13H,6-7,12H2,(H,21,24). The van der Waals surface area contributed by atoms with Gasteiger partial charge in [-0.05, 0) is 43.2 Å². The Morgan fingerprint density at radius 1 is 1.04 bits per heavy atom. The lowest BCUT2D eigenvalue weighted by Crippen LogP contribution is -2.16. The van der Waals surface area contributed by atoms with Crippen molar-refractivity contribution in [2.45, 2.75) is 18.8 Å². The highest BCUT2D eigenvalue weighted by molar-refractivity contribution is 6.03. The Morgan fingerprint density at radius 2 is 1.85 bits per heavy atom. The topological polar surface area (TPSA) is 65.4 Å². The minimum Gasteiger partial charge on any atom is -0.454 e. The molecule has 26 heavy (non-hydrogen) atoms. The summed E-state index contributed by atoms with van der Waals surface area (Å²) >= 11 is 0.